The fraction of sp³-hybridized carbons (Fsp3) is 0.188. The maximum Gasteiger partial charge on any atom is 0.287 e. The van der Waals surface area contributed by atoms with E-state index in [1.54, 1.807) is 25.1 Å². The highest BCUT2D eigenvalue weighted by molar-refractivity contribution is 7.10. The second-order valence-electron chi connectivity index (χ2n) is 5.20. The van der Waals surface area contributed by atoms with Crippen LogP contribution in [0.4, 0.5) is 4.39 Å². The first-order valence-corrected chi connectivity index (χ1v) is 7.58. The van der Waals surface area contributed by atoms with Crippen LogP contribution in [-0.2, 0) is 5.60 Å². The van der Waals surface area contributed by atoms with Gasteiger partial charge in [-0.05, 0) is 30.5 Å². The lowest BCUT2D eigenvalue weighted by Crippen LogP contribution is -2.37. The number of rotatable bonds is 4. The number of hydrogen-bond acceptors (Lipinski definition) is 4. The highest BCUT2D eigenvalue weighted by atomic mass is 32.1. The van der Waals surface area contributed by atoms with Crippen LogP contribution >= 0.6 is 11.3 Å². The Morgan fingerprint density at radius 2 is 2.23 bits per heavy atom. The number of benzene rings is 1. The van der Waals surface area contributed by atoms with Crippen LogP contribution in [-0.4, -0.2) is 17.6 Å². The summed E-state index contributed by atoms with van der Waals surface area (Å²) in [4.78, 5) is 12.9. The van der Waals surface area contributed by atoms with Crippen molar-refractivity contribution in [3.63, 3.8) is 0 Å². The van der Waals surface area contributed by atoms with E-state index in [0.29, 0.717) is 5.39 Å². The maximum atomic E-state index is 13.6. The molecule has 0 radical (unpaired) electrons. The topological polar surface area (TPSA) is 62.5 Å². The van der Waals surface area contributed by atoms with Crippen molar-refractivity contribution >= 4 is 28.2 Å². The normalized spacial score (nSPS) is 14.0. The van der Waals surface area contributed by atoms with Gasteiger partial charge in [0.2, 0.25) is 0 Å². The quantitative estimate of drug-likeness (QED) is 0.776. The molecular weight excluding hydrogens is 305 g/mol. The largest absolute Gasteiger partial charge is 0.448 e. The van der Waals surface area contributed by atoms with Crippen LogP contribution in [0.5, 0.6) is 0 Å². The zero-order valence-electron chi connectivity index (χ0n) is 11.8. The molecule has 0 aliphatic carbocycles. The van der Waals surface area contributed by atoms with Gasteiger partial charge in [0.25, 0.3) is 5.91 Å². The number of amides is 1. The van der Waals surface area contributed by atoms with Crippen molar-refractivity contribution in [1.29, 1.82) is 0 Å². The molecule has 4 nitrogen and oxygen atoms in total. The van der Waals surface area contributed by atoms with E-state index in [4.69, 9.17) is 4.42 Å². The first-order valence-electron chi connectivity index (χ1n) is 6.70. The molecule has 0 saturated heterocycles. The van der Waals surface area contributed by atoms with E-state index < -0.39 is 17.3 Å². The first-order chi connectivity index (χ1) is 10.5. The van der Waals surface area contributed by atoms with E-state index in [2.05, 4.69) is 5.32 Å². The van der Waals surface area contributed by atoms with Crippen LogP contribution in [0.25, 0.3) is 11.0 Å². The molecule has 0 unspecified atom stereocenters. The molecule has 0 fully saturated rings. The molecule has 0 aliphatic heterocycles. The molecule has 1 amide bonds. The van der Waals surface area contributed by atoms with Crippen LogP contribution in [0.1, 0.15) is 22.4 Å². The molecule has 1 aromatic carbocycles. The number of thiophene rings is 1. The zero-order valence-corrected chi connectivity index (χ0v) is 12.6. The van der Waals surface area contributed by atoms with Gasteiger partial charge >= 0.3 is 0 Å². The molecule has 22 heavy (non-hydrogen) atoms. The van der Waals surface area contributed by atoms with Crippen molar-refractivity contribution in [3.05, 3.63) is 58.2 Å². The van der Waals surface area contributed by atoms with Crippen LogP contribution in [0.2, 0.25) is 0 Å². The molecule has 1 atom stereocenters. The van der Waals surface area contributed by atoms with Gasteiger partial charge in [0.05, 0.1) is 6.54 Å². The molecule has 0 bridgehead atoms. The number of carbonyl (C=O) groups excluding carboxylic acids is 1. The van der Waals surface area contributed by atoms with Crippen LogP contribution in [0.15, 0.2) is 46.2 Å². The minimum Gasteiger partial charge on any atom is -0.448 e. The van der Waals surface area contributed by atoms with Gasteiger partial charge in [-0.25, -0.2) is 4.39 Å². The maximum absolute atomic E-state index is 13.6. The molecule has 2 heterocycles. The van der Waals surface area contributed by atoms with Crippen LogP contribution in [0, 0.1) is 5.82 Å². The minimum atomic E-state index is -1.17. The minimum absolute atomic E-state index is 0.0158. The number of halogens is 1. The highest BCUT2D eigenvalue weighted by Gasteiger charge is 2.26. The van der Waals surface area contributed by atoms with Crippen LogP contribution < -0.4 is 5.32 Å². The summed E-state index contributed by atoms with van der Waals surface area (Å²) in [5, 5.41) is 15.3. The lowest BCUT2D eigenvalue weighted by molar-refractivity contribution is 0.0549. The number of nitrogens with one attached hydrogen (secondary N) is 1. The average Bonchev–Trinajstić information content (AvgIpc) is 3.14. The Hall–Kier alpha value is -2.18. The van der Waals surface area contributed by atoms with Crippen molar-refractivity contribution in [3.8, 4) is 0 Å². The molecule has 2 aromatic heterocycles. The van der Waals surface area contributed by atoms with E-state index in [0.717, 1.165) is 4.88 Å². The van der Waals surface area contributed by atoms with Crippen molar-refractivity contribution < 1.29 is 18.7 Å². The lowest BCUT2D eigenvalue weighted by Gasteiger charge is -2.21. The van der Waals surface area contributed by atoms with Crippen molar-refractivity contribution in [1.82, 2.24) is 5.32 Å². The van der Waals surface area contributed by atoms with E-state index in [1.807, 2.05) is 11.4 Å². The van der Waals surface area contributed by atoms with Crippen molar-refractivity contribution in [2.75, 3.05) is 6.54 Å². The number of furan rings is 1. The second kappa shape index (κ2) is 5.55. The van der Waals surface area contributed by atoms with Gasteiger partial charge in [0, 0.05) is 10.3 Å². The summed E-state index contributed by atoms with van der Waals surface area (Å²) in [6, 6.07) is 9.60. The standard InChI is InChI=1S/C16H14FNO3S/c1-16(20,13-6-3-7-22-13)9-18-15(19)12-8-10-4-2-5-11(17)14(10)21-12/h2-8,20H,9H2,1H3,(H,18,19)/t16-/m0/s1. The molecular formula is C16H14FNO3S. The SMILES string of the molecule is C[C@](O)(CNC(=O)c1cc2cccc(F)c2o1)c1cccs1. The Kier molecular flexibility index (Phi) is 3.72. The summed E-state index contributed by atoms with van der Waals surface area (Å²) in [5.74, 6) is -0.989. The predicted molar refractivity (Wildman–Crippen MR) is 82.4 cm³/mol. The Balaban J connectivity index is 1.75. The van der Waals surface area contributed by atoms with E-state index in [1.165, 1.54) is 23.5 Å². The number of hydrogen-bond donors (Lipinski definition) is 2. The molecule has 3 rings (SSSR count). The van der Waals surface area contributed by atoms with Crippen molar-refractivity contribution in [2.45, 2.75) is 12.5 Å². The zero-order chi connectivity index (χ0) is 15.7. The Morgan fingerprint density at radius 1 is 1.41 bits per heavy atom. The summed E-state index contributed by atoms with van der Waals surface area (Å²) in [5.41, 5.74) is -1.11. The monoisotopic (exact) mass is 319 g/mol. The molecule has 0 saturated carbocycles. The second-order valence-corrected chi connectivity index (χ2v) is 6.15. The summed E-state index contributed by atoms with van der Waals surface area (Å²) >= 11 is 1.41. The molecule has 114 valence electrons. The average molecular weight is 319 g/mol. The van der Waals surface area contributed by atoms with Crippen molar-refractivity contribution in [2.24, 2.45) is 0 Å². The first kappa shape index (κ1) is 14.7. The summed E-state index contributed by atoms with van der Waals surface area (Å²) in [7, 11) is 0. The van der Waals surface area contributed by atoms with Gasteiger partial charge in [-0.2, -0.15) is 0 Å². The third kappa shape index (κ3) is 2.75. The fourth-order valence-corrected chi connectivity index (χ4v) is 2.94. The number of fused-ring (bicyclic) bond motifs is 1. The van der Waals surface area contributed by atoms with E-state index in [-0.39, 0.29) is 17.9 Å². The number of carbonyl (C=O) groups is 1. The highest BCUT2D eigenvalue weighted by Crippen LogP contribution is 2.25. The molecule has 2 N–H and O–H groups in total. The van der Waals surface area contributed by atoms with E-state index >= 15 is 0 Å². The van der Waals surface area contributed by atoms with Gasteiger partial charge in [-0.3, -0.25) is 4.79 Å². The van der Waals surface area contributed by atoms with E-state index in [9.17, 15) is 14.3 Å². The summed E-state index contributed by atoms with van der Waals surface area (Å²) in [6.07, 6.45) is 0. The Labute approximate surface area is 130 Å². The third-order valence-electron chi connectivity index (χ3n) is 3.37. The fourth-order valence-electron chi connectivity index (χ4n) is 2.15. The molecule has 0 spiro atoms. The third-order valence-corrected chi connectivity index (χ3v) is 4.49. The number of para-hydroxylation sites is 1. The lowest BCUT2D eigenvalue weighted by atomic mass is 10.1. The van der Waals surface area contributed by atoms with Gasteiger partial charge in [0.15, 0.2) is 17.2 Å². The van der Waals surface area contributed by atoms with Gasteiger partial charge in [0.1, 0.15) is 5.60 Å². The molecule has 6 heteroatoms. The van der Waals surface area contributed by atoms with Gasteiger partial charge in [-0.15, -0.1) is 11.3 Å². The predicted octanol–water partition coefficient (Wildman–Crippen LogP) is 3.27. The number of aliphatic hydroxyl groups is 1. The smallest absolute Gasteiger partial charge is 0.287 e. The molecule has 3 aromatic rings. The Bertz CT molecular complexity index is 808. The summed E-state index contributed by atoms with van der Waals surface area (Å²) in [6.45, 7) is 1.66. The molecule has 0 aliphatic rings. The van der Waals surface area contributed by atoms with Gasteiger partial charge < -0.3 is 14.8 Å². The van der Waals surface area contributed by atoms with Crippen LogP contribution in [0.3, 0.4) is 0 Å². The Morgan fingerprint density at radius 3 is 2.91 bits per heavy atom. The van der Waals surface area contributed by atoms with Gasteiger partial charge in [-0.1, -0.05) is 18.2 Å². The summed E-state index contributed by atoms with van der Waals surface area (Å²) < 4.78 is 18.8.